The molecule has 0 bridgehead atoms. The molecule has 0 amide bonds. The molecule has 0 nitrogen and oxygen atoms in total. The van der Waals surface area contributed by atoms with Crippen molar-refractivity contribution in [3.8, 4) is 0 Å². The van der Waals surface area contributed by atoms with Gasteiger partial charge in [-0.05, 0) is 40.9 Å². The van der Waals surface area contributed by atoms with Crippen LogP contribution in [-0.4, -0.2) is 24.6 Å². The maximum atomic E-state index is 15.7. The molecule has 0 aromatic rings. The molecular weight excluding hydrogens is 319 g/mol. The molecule has 0 fully saturated rings. The SMILES string of the molecule is C=C(C)C[Si](C([Si](C)(C)C)[Si](C)(C)F)(C(C)(C)C)C(C)(C)C. The lowest BCUT2D eigenvalue weighted by molar-refractivity contribution is 0.598. The van der Waals surface area contributed by atoms with Crippen molar-refractivity contribution in [3.05, 3.63) is 12.2 Å². The van der Waals surface area contributed by atoms with E-state index >= 15 is 4.11 Å². The normalized spacial score (nSPS) is 16.6. The van der Waals surface area contributed by atoms with Crippen molar-refractivity contribution in [1.29, 1.82) is 0 Å². The Morgan fingerprint density at radius 2 is 1.23 bits per heavy atom. The van der Waals surface area contributed by atoms with Gasteiger partial charge in [-0.25, -0.2) is 0 Å². The Morgan fingerprint density at radius 1 is 0.909 bits per heavy atom. The molecule has 0 aliphatic heterocycles. The zero-order valence-corrected chi connectivity index (χ0v) is 20.4. The minimum absolute atomic E-state index is 0.172. The lowest BCUT2D eigenvalue weighted by atomic mass is 10.2. The second-order valence-corrected chi connectivity index (χ2v) is 27.6. The summed E-state index contributed by atoms with van der Waals surface area (Å²) in [6.07, 6.45) is 0. The van der Waals surface area contributed by atoms with Crippen LogP contribution in [-0.2, 0) is 0 Å². The molecule has 0 saturated carbocycles. The molecule has 0 aliphatic carbocycles. The van der Waals surface area contributed by atoms with Crippen molar-refractivity contribution in [2.75, 3.05) is 0 Å². The maximum absolute atomic E-state index is 15.7. The minimum atomic E-state index is -2.76. The number of hydrogen-bond donors (Lipinski definition) is 0. The summed E-state index contributed by atoms with van der Waals surface area (Å²) in [7, 11) is -6.41. The number of rotatable bonds is 5. The molecule has 4 heteroatoms. The summed E-state index contributed by atoms with van der Waals surface area (Å²) in [6.45, 7) is 31.8. The van der Waals surface area contributed by atoms with Gasteiger partial charge in [0.05, 0.1) is 8.07 Å². The Kier molecular flexibility index (Phi) is 6.41. The molecule has 0 rings (SSSR count). The fourth-order valence-electron chi connectivity index (χ4n) is 5.45. The summed E-state index contributed by atoms with van der Waals surface area (Å²) in [5.74, 6) is 0. The summed E-state index contributed by atoms with van der Waals surface area (Å²) in [5, 5.41) is 0.344. The molecular formula is C18H41FSi3. The number of hydrogen-bond acceptors (Lipinski definition) is 0. The lowest BCUT2D eigenvalue weighted by Gasteiger charge is -2.61. The van der Waals surface area contributed by atoms with E-state index in [1.807, 2.05) is 13.1 Å². The smallest absolute Gasteiger partial charge is 0.238 e. The Bertz CT molecular complexity index is 372. The molecule has 132 valence electrons. The van der Waals surface area contributed by atoms with Gasteiger partial charge < -0.3 is 4.11 Å². The topological polar surface area (TPSA) is 0 Å². The van der Waals surface area contributed by atoms with Crippen molar-refractivity contribution in [3.63, 3.8) is 0 Å². The average Bonchev–Trinajstić information content (AvgIpc) is 2.06. The predicted molar refractivity (Wildman–Crippen MR) is 110 cm³/mol. The van der Waals surface area contributed by atoms with E-state index in [2.05, 4.69) is 74.7 Å². The largest absolute Gasteiger partial charge is 0.315 e. The van der Waals surface area contributed by atoms with Gasteiger partial charge in [-0.2, -0.15) is 0 Å². The third-order valence-electron chi connectivity index (χ3n) is 5.30. The molecule has 1 unspecified atom stereocenters. The van der Waals surface area contributed by atoms with Crippen LogP contribution in [0.4, 0.5) is 4.11 Å². The molecule has 0 aromatic carbocycles. The van der Waals surface area contributed by atoms with Crippen LogP contribution in [0.15, 0.2) is 12.2 Å². The summed E-state index contributed by atoms with van der Waals surface area (Å²) in [4.78, 5) is 0.337. The fourth-order valence-corrected chi connectivity index (χ4v) is 36.3. The van der Waals surface area contributed by atoms with E-state index in [-0.39, 0.29) is 10.1 Å². The van der Waals surface area contributed by atoms with E-state index in [0.717, 1.165) is 6.04 Å². The predicted octanol–water partition coefficient (Wildman–Crippen LogP) is 7.57. The second kappa shape index (κ2) is 6.32. The first kappa shape index (κ1) is 22.3. The van der Waals surface area contributed by atoms with Crippen LogP contribution in [0.3, 0.4) is 0 Å². The fraction of sp³-hybridized carbons (Fsp3) is 0.889. The summed E-state index contributed by atoms with van der Waals surface area (Å²) in [5.41, 5.74) is 1.25. The van der Waals surface area contributed by atoms with Gasteiger partial charge in [0.15, 0.2) is 0 Å². The highest BCUT2D eigenvalue weighted by atomic mass is 28.5. The summed E-state index contributed by atoms with van der Waals surface area (Å²) < 4.78 is 15.7. The van der Waals surface area contributed by atoms with Gasteiger partial charge in [-0.3, -0.25) is 0 Å². The minimum Gasteiger partial charge on any atom is -0.315 e. The van der Waals surface area contributed by atoms with Crippen LogP contribution in [0.25, 0.3) is 0 Å². The van der Waals surface area contributed by atoms with Gasteiger partial charge >= 0.3 is 0 Å². The van der Waals surface area contributed by atoms with Crippen molar-refractivity contribution in [1.82, 2.24) is 0 Å². The van der Waals surface area contributed by atoms with Crippen LogP contribution in [0.5, 0.6) is 0 Å². The van der Waals surface area contributed by atoms with Gasteiger partial charge in [0.2, 0.25) is 8.41 Å². The van der Waals surface area contributed by atoms with Crippen molar-refractivity contribution >= 4 is 24.6 Å². The van der Waals surface area contributed by atoms with E-state index in [1.54, 1.807) is 0 Å². The first-order valence-corrected chi connectivity index (χ1v) is 17.4. The molecule has 0 aliphatic rings. The van der Waals surface area contributed by atoms with Crippen LogP contribution in [0.2, 0.25) is 53.6 Å². The molecule has 0 N–H and O–H groups in total. The van der Waals surface area contributed by atoms with E-state index in [9.17, 15) is 0 Å². The van der Waals surface area contributed by atoms with Gasteiger partial charge in [0.1, 0.15) is 0 Å². The monoisotopic (exact) mass is 360 g/mol. The molecule has 0 heterocycles. The van der Waals surface area contributed by atoms with E-state index in [0.29, 0.717) is 4.79 Å². The van der Waals surface area contributed by atoms with Gasteiger partial charge in [0, 0.05) is 8.07 Å². The molecule has 22 heavy (non-hydrogen) atoms. The maximum Gasteiger partial charge on any atom is 0.238 e. The zero-order chi connectivity index (χ0) is 18.4. The summed E-state index contributed by atoms with van der Waals surface area (Å²) in [6, 6.07) is 1.06. The molecule has 0 radical (unpaired) electrons. The lowest BCUT2D eigenvalue weighted by Crippen LogP contribution is -2.67. The van der Waals surface area contributed by atoms with Gasteiger partial charge in [-0.15, -0.1) is 6.58 Å². The standard InChI is InChI=1S/C18H41FSi3/c1-15(2)14-22(17(3,4)5,18(6,7)8)16(20(9,10)11)21(12,13)19/h16H,1,14H2,2-13H3. The van der Waals surface area contributed by atoms with Gasteiger partial charge in [0.25, 0.3) is 0 Å². The average molecular weight is 361 g/mol. The van der Waals surface area contributed by atoms with Crippen LogP contribution in [0, 0.1) is 0 Å². The number of halogens is 1. The van der Waals surface area contributed by atoms with Crippen LogP contribution in [0.1, 0.15) is 48.5 Å². The Morgan fingerprint density at radius 3 is 1.36 bits per heavy atom. The Labute approximate surface area is 143 Å². The quantitative estimate of drug-likeness (QED) is 0.269. The first-order chi connectivity index (χ1) is 9.28. The third kappa shape index (κ3) is 4.44. The Balaban J connectivity index is 6.79. The van der Waals surface area contributed by atoms with Crippen LogP contribution < -0.4 is 0 Å². The highest BCUT2D eigenvalue weighted by molar-refractivity contribution is 7.13. The molecule has 0 saturated heterocycles. The van der Waals surface area contributed by atoms with Gasteiger partial charge in [-0.1, -0.05) is 66.8 Å². The highest BCUT2D eigenvalue weighted by Crippen LogP contribution is 2.63. The second-order valence-electron chi connectivity index (χ2n) is 11.0. The summed E-state index contributed by atoms with van der Waals surface area (Å²) >= 11 is 0. The van der Waals surface area contributed by atoms with Crippen molar-refractivity contribution in [2.24, 2.45) is 0 Å². The number of allylic oxidation sites excluding steroid dienone is 1. The molecule has 0 spiro atoms. The zero-order valence-electron chi connectivity index (χ0n) is 17.4. The van der Waals surface area contributed by atoms with E-state index in [4.69, 9.17) is 0 Å². The van der Waals surface area contributed by atoms with E-state index < -0.39 is 24.6 Å². The highest BCUT2D eigenvalue weighted by Gasteiger charge is 2.64. The Hall–Kier alpha value is 0.321. The first-order valence-electron chi connectivity index (χ1n) is 8.62. The van der Waals surface area contributed by atoms with E-state index in [1.165, 1.54) is 5.57 Å². The van der Waals surface area contributed by atoms with Crippen LogP contribution >= 0.6 is 0 Å². The molecule has 1 atom stereocenters. The third-order valence-corrected chi connectivity index (χ3v) is 28.2. The molecule has 0 aromatic heterocycles. The van der Waals surface area contributed by atoms with Crippen molar-refractivity contribution in [2.45, 2.75) is 102 Å². The van der Waals surface area contributed by atoms with Crippen molar-refractivity contribution < 1.29 is 4.11 Å².